The lowest BCUT2D eigenvalue weighted by Gasteiger charge is -2.26. The number of rotatable bonds is 8. The van der Waals surface area contributed by atoms with Crippen molar-refractivity contribution in [1.29, 1.82) is 0 Å². The van der Waals surface area contributed by atoms with Crippen molar-refractivity contribution in [3.63, 3.8) is 0 Å². The monoisotopic (exact) mass is 364 g/mol. The van der Waals surface area contributed by atoms with Gasteiger partial charge in [-0.15, -0.1) is 0 Å². The van der Waals surface area contributed by atoms with Crippen LogP contribution in [0.25, 0.3) is 0 Å². The molecule has 2 amide bonds. The van der Waals surface area contributed by atoms with Crippen LogP contribution in [0.5, 0.6) is 5.75 Å². The predicted octanol–water partition coefficient (Wildman–Crippen LogP) is 0.650. The molecule has 142 valence electrons. The van der Waals surface area contributed by atoms with E-state index in [1.54, 1.807) is 12.0 Å². The molecular weight excluding hydrogens is 340 g/mol. The number of carboxylic acid groups (broad SMARTS) is 1. The Labute approximate surface area is 152 Å². The van der Waals surface area contributed by atoms with E-state index in [-0.39, 0.29) is 25.5 Å². The number of carboxylic acids is 1. The molecule has 0 aromatic heterocycles. The van der Waals surface area contributed by atoms with E-state index in [2.05, 4.69) is 5.32 Å². The van der Waals surface area contributed by atoms with Gasteiger partial charge in [0, 0.05) is 26.6 Å². The van der Waals surface area contributed by atoms with Crippen molar-refractivity contribution in [2.75, 3.05) is 27.4 Å². The van der Waals surface area contributed by atoms with E-state index in [9.17, 15) is 19.5 Å². The SMILES string of the molecule is COCC(C)(NC(=O)C1CC(=O)N(Cc2ccc(OC)cc2)C1)C(=O)O. The highest BCUT2D eigenvalue weighted by molar-refractivity contribution is 5.92. The number of hydrogen-bond acceptors (Lipinski definition) is 5. The molecule has 2 N–H and O–H groups in total. The van der Waals surface area contributed by atoms with Gasteiger partial charge < -0.3 is 24.8 Å². The first kappa shape index (κ1) is 19.7. The van der Waals surface area contributed by atoms with Gasteiger partial charge in [-0.25, -0.2) is 4.79 Å². The van der Waals surface area contributed by atoms with Crippen LogP contribution in [-0.4, -0.2) is 60.7 Å². The molecule has 0 radical (unpaired) electrons. The molecule has 8 heteroatoms. The molecule has 1 aliphatic heterocycles. The number of methoxy groups -OCH3 is 2. The van der Waals surface area contributed by atoms with Gasteiger partial charge in [0.1, 0.15) is 5.75 Å². The minimum atomic E-state index is -1.53. The highest BCUT2D eigenvalue weighted by atomic mass is 16.5. The second-order valence-electron chi connectivity index (χ2n) is 6.58. The lowest BCUT2D eigenvalue weighted by atomic mass is 10.0. The standard InChI is InChI=1S/C18H24N2O6/c1-18(11-25-2,17(23)24)19-16(22)13-8-15(21)20(10-13)9-12-4-6-14(26-3)7-5-12/h4-7,13H,8-11H2,1-3H3,(H,19,22)(H,23,24). The molecule has 0 bridgehead atoms. The van der Waals surface area contributed by atoms with Crippen LogP contribution in [0.4, 0.5) is 0 Å². The molecule has 0 aliphatic carbocycles. The minimum Gasteiger partial charge on any atom is -0.497 e. The minimum absolute atomic E-state index is 0.0602. The molecule has 0 spiro atoms. The van der Waals surface area contributed by atoms with Crippen molar-refractivity contribution in [3.8, 4) is 5.75 Å². The first-order valence-electron chi connectivity index (χ1n) is 8.24. The Morgan fingerprint density at radius 1 is 1.31 bits per heavy atom. The third kappa shape index (κ3) is 4.51. The Morgan fingerprint density at radius 3 is 2.50 bits per heavy atom. The number of aliphatic carboxylic acids is 1. The third-order valence-corrected chi connectivity index (χ3v) is 4.42. The summed E-state index contributed by atoms with van der Waals surface area (Å²) >= 11 is 0. The van der Waals surface area contributed by atoms with Crippen LogP contribution in [0.3, 0.4) is 0 Å². The summed E-state index contributed by atoms with van der Waals surface area (Å²) in [5.41, 5.74) is -0.604. The summed E-state index contributed by atoms with van der Waals surface area (Å²) < 4.78 is 9.99. The molecular formula is C18H24N2O6. The third-order valence-electron chi connectivity index (χ3n) is 4.42. The number of carbonyl (C=O) groups is 3. The average Bonchev–Trinajstić information content (AvgIpc) is 2.96. The number of ether oxygens (including phenoxy) is 2. The lowest BCUT2D eigenvalue weighted by molar-refractivity contribution is -0.149. The van der Waals surface area contributed by atoms with Gasteiger partial charge in [-0.2, -0.15) is 0 Å². The van der Waals surface area contributed by atoms with E-state index >= 15 is 0 Å². The molecule has 2 rings (SSSR count). The molecule has 1 fully saturated rings. The van der Waals surface area contributed by atoms with Crippen molar-refractivity contribution in [2.45, 2.75) is 25.4 Å². The van der Waals surface area contributed by atoms with Crippen LogP contribution < -0.4 is 10.1 Å². The van der Waals surface area contributed by atoms with Crippen LogP contribution in [-0.2, 0) is 25.7 Å². The summed E-state index contributed by atoms with van der Waals surface area (Å²) in [6, 6.07) is 7.34. The van der Waals surface area contributed by atoms with Crippen LogP contribution in [0.15, 0.2) is 24.3 Å². The molecule has 26 heavy (non-hydrogen) atoms. The van der Waals surface area contributed by atoms with E-state index in [1.165, 1.54) is 14.0 Å². The average molecular weight is 364 g/mol. The molecule has 1 heterocycles. The predicted molar refractivity (Wildman–Crippen MR) is 92.6 cm³/mol. The highest BCUT2D eigenvalue weighted by Gasteiger charge is 2.40. The normalized spacial score (nSPS) is 19.1. The zero-order chi connectivity index (χ0) is 19.3. The van der Waals surface area contributed by atoms with Crippen LogP contribution in [0, 0.1) is 5.92 Å². The van der Waals surface area contributed by atoms with Gasteiger partial charge in [-0.3, -0.25) is 9.59 Å². The Bertz CT molecular complexity index is 675. The summed E-state index contributed by atoms with van der Waals surface area (Å²) in [6.07, 6.45) is 0.0602. The topological polar surface area (TPSA) is 105 Å². The molecule has 2 atom stereocenters. The molecule has 8 nitrogen and oxygen atoms in total. The molecule has 1 saturated heterocycles. The van der Waals surface area contributed by atoms with Crippen molar-refractivity contribution in [3.05, 3.63) is 29.8 Å². The van der Waals surface area contributed by atoms with Gasteiger partial charge >= 0.3 is 5.97 Å². The maximum absolute atomic E-state index is 12.4. The zero-order valence-corrected chi connectivity index (χ0v) is 15.2. The van der Waals surface area contributed by atoms with Crippen molar-refractivity contribution < 1.29 is 29.0 Å². The molecule has 1 aliphatic rings. The maximum atomic E-state index is 12.4. The number of nitrogens with one attached hydrogen (secondary N) is 1. The van der Waals surface area contributed by atoms with Gasteiger partial charge in [0.15, 0.2) is 5.54 Å². The number of carbonyl (C=O) groups excluding carboxylic acids is 2. The first-order chi connectivity index (χ1) is 12.3. The number of hydrogen-bond donors (Lipinski definition) is 2. The zero-order valence-electron chi connectivity index (χ0n) is 15.2. The summed E-state index contributed by atoms with van der Waals surface area (Å²) in [7, 11) is 2.94. The molecule has 2 unspecified atom stereocenters. The summed E-state index contributed by atoms with van der Waals surface area (Å²) in [5, 5.41) is 11.8. The van der Waals surface area contributed by atoms with Crippen molar-refractivity contribution >= 4 is 17.8 Å². The van der Waals surface area contributed by atoms with Gasteiger partial charge in [0.2, 0.25) is 11.8 Å². The fourth-order valence-corrected chi connectivity index (χ4v) is 2.87. The van der Waals surface area contributed by atoms with E-state index in [0.717, 1.165) is 11.3 Å². The quantitative estimate of drug-likeness (QED) is 0.702. The molecule has 0 saturated carbocycles. The summed E-state index contributed by atoms with van der Waals surface area (Å²) in [4.78, 5) is 37.7. The maximum Gasteiger partial charge on any atom is 0.331 e. The van der Waals surface area contributed by atoms with Gasteiger partial charge in [-0.05, 0) is 24.6 Å². The number of amides is 2. The van der Waals surface area contributed by atoms with Gasteiger partial charge in [0.25, 0.3) is 0 Å². The summed E-state index contributed by atoms with van der Waals surface area (Å²) in [5.74, 6) is -1.64. The Kier molecular flexibility index (Phi) is 6.20. The van der Waals surface area contributed by atoms with E-state index in [0.29, 0.717) is 6.54 Å². The second-order valence-corrected chi connectivity index (χ2v) is 6.58. The largest absolute Gasteiger partial charge is 0.497 e. The van der Waals surface area contributed by atoms with Gasteiger partial charge in [-0.1, -0.05) is 12.1 Å². The van der Waals surface area contributed by atoms with E-state index < -0.39 is 23.3 Å². The fourth-order valence-electron chi connectivity index (χ4n) is 2.87. The second kappa shape index (κ2) is 8.18. The first-order valence-corrected chi connectivity index (χ1v) is 8.24. The Morgan fingerprint density at radius 2 is 1.96 bits per heavy atom. The highest BCUT2D eigenvalue weighted by Crippen LogP contribution is 2.22. The Hall–Kier alpha value is -2.61. The molecule has 1 aromatic carbocycles. The Balaban J connectivity index is 1.99. The lowest BCUT2D eigenvalue weighted by Crippen LogP contribution is -2.56. The summed E-state index contributed by atoms with van der Waals surface area (Å²) in [6.45, 7) is 1.85. The fraction of sp³-hybridized carbons (Fsp3) is 0.500. The number of benzene rings is 1. The number of likely N-dealkylation sites (tertiary alicyclic amines) is 1. The van der Waals surface area contributed by atoms with Crippen LogP contribution in [0.1, 0.15) is 18.9 Å². The van der Waals surface area contributed by atoms with Gasteiger partial charge in [0.05, 0.1) is 19.6 Å². The smallest absolute Gasteiger partial charge is 0.331 e. The van der Waals surface area contributed by atoms with Crippen LogP contribution in [0.2, 0.25) is 0 Å². The van der Waals surface area contributed by atoms with E-state index in [4.69, 9.17) is 9.47 Å². The van der Waals surface area contributed by atoms with Crippen molar-refractivity contribution in [2.24, 2.45) is 5.92 Å². The van der Waals surface area contributed by atoms with Crippen LogP contribution >= 0.6 is 0 Å². The van der Waals surface area contributed by atoms with Crippen molar-refractivity contribution in [1.82, 2.24) is 10.2 Å². The molecule has 1 aromatic rings. The number of nitrogens with zero attached hydrogens (tertiary/aromatic N) is 1. The van der Waals surface area contributed by atoms with E-state index in [1.807, 2.05) is 24.3 Å².